The van der Waals surface area contributed by atoms with Crippen molar-refractivity contribution < 1.29 is 0 Å². The summed E-state index contributed by atoms with van der Waals surface area (Å²) < 4.78 is 0. The molecule has 16 heavy (non-hydrogen) atoms. The molecule has 4 heteroatoms. The summed E-state index contributed by atoms with van der Waals surface area (Å²) in [4.78, 5) is 4.59. The van der Waals surface area contributed by atoms with Crippen LogP contribution in [0.1, 0.15) is 33.6 Å². The van der Waals surface area contributed by atoms with Gasteiger partial charge in [0, 0.05) is 6.54 Å². The number of rotatable bonds is 3. The first-order chi connectivity index (χ1) is 7.63. The van der Waals surface area contributed by atoms with Crippen molar-refractivity contribution in [1.29, 1.82) is 0 Å². The summed E-state index contributed by atoms with van der Waals surface area (Å²) in [6, 6.07) is 0.0705. The Kier molecular flexibility index (Phi) is 5.77. The Hall–Kier alpha value is -0.610. The van der Waals surface area contributed by atoms with Crippen LogP contribution in [-0.2, 0) is 0 Å². The molecule has 94 valence electrons. The van der Waals surface area contributed by atoms with Gasteiger partial charge in [-0.3, -0.25) is 4.99 Å². The fraction of sp³-hybridized carbons (Fsp3) is 0.917. The largest absolute Gasteiger partial charge is 0.360 e. The van der Waals surface area contributed by atoms with Gasteiger partial charge in [-0.15, -0.1) is 0 Å². The first-order valence-corrected chi connectivity index (χ1v) is 6.38. The van der Waals surface area contributed by atoms with E-state index in [1.807, 2.05) is 0 Å². The minimum absolute atomic E-state index is 0.0705. The number of aliphatic imine (C=N–C) groups is 1. The molecule has 0 radical (unpaired) electrons. The van der Waals surface area contributed by atoms with Crippen LogP contribution in [0.2, 0.25) is 0 Å². The smallest absolute Gasteiger partial charge is 0.114 e. The molecule has 1 aliphatic rings. The summed E-state index contributed by atoms with van der Waals surface area (Å²) in [5.74, 6) is 2.33. The predicted molar refractivity (Wildman–Crippen MR) is 69.5 cm³/mol. The Bertz CT molecular complexity index is 227. The molecule has 3 unspecified atom stereocenters. The zero-order valence-corrected chi connectivity index (χ0v) is 10.8. The quantitative estimate of drug-likeness (QED) is 0.496. The van der Waals surface area contributed by atoms with Crippen LogP contribution in [0.15, 0.2) is 4.99 Å². The molecule has 0 spiro atoms. The highest BCUT2D eigenvalue weighted by Crippen LogP contribution is 2.19. The molecule has 4 nitrogen and oxygen atoms in total. The first-order valence-electron chi connectivity index (χ1n) is 6.38. The second-order valence-electron chi connectivity index (χ2n) is 4.97. The van der Waals surface area contributed by atoms with E-state index in [1.165, 1.54) is 6.42 Å². The van der Waals surface area contributed by atoms with Crippen LogP contribution in [0, 0.1) is 11.8 Å². The highest BCUT2D eigenvalue weighted by Gasteiger charge is 2.19. The Labute approximate surface area is 99.1 Å². The maximum absolute atomic E-state index is 6.15. The van der Waals surface area contributed by atoms with E-state index >= 15 is 0 Å². The number of hydrogen-bond donors (Lipinski definition) is 3. The van der Waals surface area contributed by atoms with Crippen LogP contribution in [0.25, 0.3) is 0 Å². The van der Waals surface area contributed by atoms with E-state index in [-0.39, 0.29) is 6.04 Å². The van der Waals surface area contributed by atoms with Gasteiger partial charge < -0.3 is 16.4 Å². The van der Waals surface area contributed by atoms with Crippen molar-refractivity contribution in [2.45, 2.75) is 39.7 Å². The van der Waals surface area contributed by atoms with Gasteiger partial charge in [0.1, 0.15) is 5.84 Å². The lowest BCUT2D eigenvalue weighted by molar-refractivity contribution is 0.381. The maximum Gasteiger partial charge on any atom is 0.114 e. The third-order valence-corrected chi connectivity index (χ3v) is 3.03. The van der Waals surface area contributed by atoms with Gasteiger partial charge in [0.2, 0.25) is 0 Å². The lowest BCUT2D eigenvalue weighted by Gasteiger charge is -2.25. The molecule has 0 saturated carbocycles. The number of hydrogen-bond acceptors (Lipinski definition) is 4. The van der Waals surface area contributed by atoms with Crippen LogP contribution in [-0.4, -0.2) is 31.6 Å². The molecule has 0 amide bonds. The molecule has 0 fully saturated rings. The standard InChI is InChI=1S/C12H26N4/c1-4-14-8-16-12-11(13)6-9(2)5-10(3)7-15-12/h9-11,14H,4-8,13H2,1-3H3,(H,15,16). The molecule has 3 atom stereocenters. The van der Waals surface area contributed by atoms with Crippen molar-refractivity contribution in [3.63, 3.8) is 0 Å². The summed E-state index contributed by atoms with van der Waals surface area (Å²) in [6.07, 6.45) is 2.26. The lowest BCUT2D eigenvalue weighted by Crippen LogP contribution is -2.46. The van der Waals surface area contributed by atoms with Crippen LogP contribution < -0.4 is 16.4 Å². The molecule has 0 saturated heterocycles. The average molecular weight is 226 g/mol. The van der Waals surface area contributed by atoms with E-state index in [1.54, 1.807) is 0 Å². The van der Waals surface area contributed by atoms with Crippen LogP contribution in [0.3, 0.4) is 0 Å². The molecule has 4 N–H and O–H groups in total. The molecule has 0 aromatic rings. The molecular formula is C12H26N4. The fourth-order valence-electron chi connectivity index (χ4n) is 2.24. The minimum Gasteiger partial charge on any atom is -0.360 e. The van der Waals surface area contributed by atoms with E-state index < -0.39 is 0 Å². The van der Waals surface area contributed by atoms with E-state index in [2.05, 4.69) is 36.4 Å². The average Bonchev–Trinajstić information content (AvgIpc) is 2.21. The van der Waals surface area contributed by atoms with Crippen LogP contribution >= 0.6 is 0 Å². The third kappa shape index (κ3) is 4.49. The Morgan fingerprint density at radius 2 is 2.06 bits per heavy atom. The van der Waals surface area contributed by atoms with Crippen molar-refractivity contribution in [2.75, 3.05) is 19.8 Å². The second kappa shape index (κ2) is 6.86. The summed E-state index contributed by atoms with van der Waals surface area (Å²) in [5, 5.41) is 6.52. The highest BCUT2D eigenvalue weighted by atomic mass is 15.1. The molecule has 0 aromatic carbocycles. The maximum atomic E-state index is 6.15. The molecule has 0 aliphatic carbocycles. The third-order valence-electron chi connectivity index (χ3n) is 3.03. The van der Waals surface area contributed by atoms with Gasteiger partial charge in [0.15, 0.2) is 0 Å². The predicted octanol–water partition coefficient (Wildman–Crippen LogP) is 0.935. The van der Waals surface area contributed by atoms with Gasteiger partial charge in [-0.05, 0) is 31.2 Å². The fourth-order valence-corrected chi connectivity index (χ4v) is 2.24. The number of amidine groups is 1. The van der Waals surface area contributed by atoms with Crippen molar-refractivity contribution in [2.24, 2.45) is 22.6 Å². The Morgan fingerprint density at radius 3 is 2.75 bits per heavy atom. The minimum atomic E-state index is 0.0705. The molecule has 1 aliphatic heterocycles. The van der Waals surface area contributed by atoms with Crippen molar-refractivity contribution in [3.8, 4) is 0 Å². The summed E-state index contributed by atoms with van der Waals surface area (Å²) >= 11 is 0. The topological polar surface area (TPSA) is 62.4 Å². The van der Waals surface area contributed by atoms with E-state index in [4.69, 9.17) is 5.73 Å². The zero-order valence-electron chi connectivity index (χ0n) is 10.8. The van der Waals surface area contributed by atoms with Gasteiger partial charge in [0.05, 0.1) is 12.7 Å². The van der Waals surface area contributed by atoms with Crippen LogP contribution in [0.4, 0.5) is 0 Å². The van der Waals surface area contributed by atoms with Crippen LogP contribution in [0.5, 0.6) is 0 Å². The molecular weight excluding hydrogens is 200 g/mol. The SMILES string of the molecule is CCNCNC1=NCC(C)CC(C)CC1N. The van der Waals surface area contributed by atoms with E-state index in [9.17, 15) is 0 Å². The second-order valence-corrected chi connectivity index (χ2v) is 4.97. The lowest BCUT2D eigenvalue weighted by atomic mass is 9.90. The van der Waals surface area contributed by atoms with Crippen molar-refractivity contribution >= 4 is 5.84 Å². The molecule has 0 aromatic heterocycles. The number of nitrogens with one attached hydrogen (secondary N) is 2. The van der Waals surface area contributed by atoms with Gasteiger partial charge in [-0.2, -0.15) is 0 Å². The van der Waals surface area contributed by atoms with Gasteiger partial charge in [-0.25, -0.2) is 0 Å². The monoisotopic (exact) mass is 226 g/mol. The number of nitrogens with zero attached hydrogens (tertiary/aromatic N) is 1. The normalized spacial score (nSPS) is 31.5. The van der Waals surface area contributed by atoms with Gasteiger partial charge in [-0.1, -0.05) is 20.8 Å². The summed E-state index contributed by atoms with van der Waals surface area (Å²) in [6.45, 7) is 9.24. The zero-order chi connectivity index (χ0) is 12.0. The summed E-state index contributed by atoms with van der Waals surface area (Å²) in [5.41, 5.74) is 6.15. The number of nitrogens with two attached hydrogens (primary N) is 1. The highest BCUT2D eigenvalue weighted by molar-refractivity contribution is 5.87. The molecule has 1 rings (SSSR count). The molecule has 1 heterocycles. The summed E-state index contributed by atoms with van der Waals surface area (Å²) in [7, 11) is 0. The van der Waals surface area contributed by atoms with Crippen molar-refractivity contribution in [1.82, 2.24) is 10.6 Å². The molecule has 0 bridgehead atoms. The van der Waals surface area contributed by atoms with Crippen molar-refractivity contribution in [3.05, 3.63) is 0 Å². The Balaban J connectivity index is 2.53. The Morgan fingerprint density at radius 1 is 1.31 bits per heavy atom. The van der Waals surface area contributed by atoms with E-state index in [0.29, 0.717) is 11.8 Å². The van der Waals surface area contributed by atoms with E-state index in [0.717, 1.165) is 32.0 Å². The van der Waals surface area contributed by atoms with Gasteiger partial charge in [0.25, 0.3) is 0 Å². The first kappa shape index (κ1) is 13.5. The van der Waals surface area contributed by atoms with Gasteiger partial charge >= 0.3 is 0 Å².